The Kier molecular flexibility index (Phi) is 273. The van der Waals surface area contributed by atoms with Crippen molar-refractivity contribution in [3.63, 3.8) is 0 Å². The van der Waals surface area contributed by atoms with Crippen LogP contribution in [-0.2, 0) is 20.8 Å². The van der Waals surface area contributed by atoms with Gasteiger partial charge in [-0.15, -0.1) is 0 Å². The summed E-state index contributed by atoms with van der Waals surface area (Å²) >= 11 is 0. The van der Waals surface area contributed by atoms with E-state index in [1.807, 2.05) is 0 Å². The Balaban J connectivity index is -0.00000000364. The fraction of sp³-hybridized carbons (Fsp3) is 0. The molecule has 0 bridgehead atoms. The molecule has 0 aromatic heterocycles. The third-order valence-corrected chi connectivity index (χ3v) is 0. The van der Waals surface area contributed by atoms with Crippen molar-refractivity contribution in [3.05, 3.63) is 0 Å². The molecule has 0 atom stereocenters. The van der Waals surface area contributed by atoms with Crippen LogP contribution in [0, 0.1) is 0 Å². The first kappa shape index (κ1) is 115. The molecule has 0 fully saturated rings. The number of rotatable bonds is 0. The third kappa shape index (κ3) is 3740. The van der Waals surface area contributed by atoms with Gasteiger partial charge in [0.1, 0.15) is 0 Å². The number of quaternary nitrogens is 1. The van der Waals surface area contributed by atoms with Crippen LogP contribution in [0.4, 0.5) is 0 Å². The number of halogens is 1. The van der Waals surface area contributed by atoms with Crippen LogP contribution in [0.25, 0.3) is 0 Å². The van der Waals surface area contributed by atoms with Gasteiger partial charge in [-0.3, -0.25) is 13.0 Å². The molecule has 16 nitrogen and oxygen atoms in total. The molecule has 0 rings (SSSR count). The molecule has 0 aliphatic rings. The second-order valence-corrected chi connectivity index (χ2v) is 2.51. The van der Waals surface area contributed by atoms with Crippen LogP contribution in [0.15, 0.2) is 0 Å². The van der Waals surface area contributed by atoms with Crippen LogP contribution in [0.1, 0.15) is 0 Å². The first-order chi connectivity index (χ1) is 4.00. The van der Waals surface area contributed by atoms with Crippen molar-refractivity contribution < 1.29 is 115 Å². The molecule has 0 amide bonds. The first-order valence-electron chi connectivity index (χ1n) is 1.35. The monoisotopic (exact) mass is 419 g/mol. The van der Waals surface area contributed by atoms with Crippen LogP contribution < -0.4 is 48.1 Å². The molecule has 0 aromatic carbocycles. The normalized spacial score (nSPS) is 5.52. The fourth-order valence-corrected chi connectivity index (χ4v) is 0. The zero-order valence-corrected chi connectivity index (χ0v) is 16.5. The molecule has 0 radical (unpaired) electrons. The molecule has 0 aromatic rings. The van der Waals surface area contributed by atoms with Gasteiger partial charge in [-0.2, -0.15) is 0 Å². The van der Waals surface area contributed by atoms with Gasteiger partial charge in [-0.1, -0.05) is 0 Å². The zero-order valence-electron chi connectivity index (χ0n) is 10.7. The summed E-state index contributed by atoms with van der Waals surface area (Å²) < 4.78 is 66.9. The molecule has 21 heteroatoms. The Hall–Kier alpha value is 1.48. The fourth-order valence-electron chi connectivity index (χ4n) is 0. The van der Waals surface area contributed by atoms with Crippen LogP contribution in [0.3, 0.4) is 0 Å². The van der Waals surface area contributed by atoms with Gasteiger partial charge < -0.3 is 70.5 Å². The number of hydrogen-bond donors (Lipinski definition) is 2. The standard InChI is InChI=1S/ClH.Mg.H3N.Na.2H2O4S.7H2O/c;;;;2*1-5(2,3)4;;;;;;;/h1H;;1H3;;2*(H2,1,2,3,4);7*1H2/q;+2;;+1;;;;;;;;;/p-3. The SMILES string of the molecule is O.O.O.O.O.O.O.O=S(=O)([O-])O.O=S(=O)([O-])[O-].[Cl-].[Mg+2].[NH4+].[Na+]. The molecule has 0 spiro atoms. The van der Waals surface area contributed by atoms with E-state index in [1.165, 1.54) is 0 Å². The van der Waals surface area contributed by atoms with Crippen LogP contribution in [0.2, 0.25) is 0 Å². The van der Waals surface area contributed by atoms with Crippen molar-refractivity contribution in [2.45, 2.75) is 0 Å². The molecule has 19 N–H and O–H groups in total. The summed E-state index contributed by atoms with van der Waals surface area (Å²) in [6.07, 6.45) is 0. The van der Waals surface area contributed by atoms with Gasteiger partial charge in [-0.25, -0.2) is 8.42 Å². The van der Waals surface area contributed by atoms with E-state index in [1.54, 1.807) is 0 Å². The second-order valence-electron chi connectivity index (χ2n) is 0.836. The van der Waals surface area contributed by atoms with Crippen molar-refractivity contribution in [1.82, 2.24) is 6.15 Å². The van der Waals surface area contributed by atoms with Gasteiger partial charge in [0.25, 0.3) is 0 Å². The summed E-state index contributed by atoms with van der Waals surface area (Å²) in [4.78, 5) is 0. The predicted molar refractivity (Wildman–Crippen MR) is 59.8 cm³/mol. The average molecular weight is 420 g/mol. The molecule has 136 valence electrons. The van der Waals surface area contributed by atoms with E-state index in [0.717, 1.165) is 0 Å². The van der Waals surface area contributed by atoms with E-state index in [9.17, 15) is 0 Å². The van der Waals surface area contributed by atoms with Crippen LogP contribution in [0.5, 0.6) is 0 Å². The molecular formula is H19ClMgNNaO15S2. The summed E-state index contributed by atoms with van der Waals surface area (Å²) in [5, 5.41) is 0. The average Bonchev–Trinajstić information content (AvgIpc) is 1.12. The minimum atomic E-state index is -5.17. The quantitative estimate of drug-likeness (QED) is 0.214. The van der Waals surface area contributed by atoms with Gasteiger partial charge in [0.15, 0.2) is 0 Å². The Labute approximate surface area is 164 Å². The molecule has 0 heterocycles. The van der Waals surface area contributed by atoms with Gasteiger partial charge >= 0.3 is 52.6 Å². The molecular weight excluding hydrogens is 401 g/mol. The Morgan fingerprint density at radius 3 is 0.667 bits per heavy atom. The molecule has 0 aliphatic heterocycles. The van der Waals surface area contributed by atoms with Crippen LogP contribution in [-0.4, -0.2) is 96.4 Å². The van der Waals surface area contributed by atoms with E-state index in [4.69, 9.17) is 35.0 Å². The molecule has 0 saturated carbocycles. The van der Waals surface area contributed by atoms with E-state index < -0.39 is 20.8 Å². The first-order valence-corrected chi connectivity index (χ1v) is 4.05. The zero-order chi connectivity index (χ0) is 9.00. The molecule has 0 aliphatic carbocycles. The Morgan fingerprint density at radius 2 is 0.667 bits per heavy atom. The van der Waals surface area contributed by atoms with Gasteiger partial charge in [0.2, 0.25) is 10.4 Å². The van der Waals surface area contributed by atoms with E-state index in [2.05, 4.69) is 0 Å². The maximum absolute atomic E-state index is 8.63. The van der Waals surface area contributed by atoms with Crippen molar-refractivity contribution in [2.24, 2.45) is 0 Å². The van der Waals surface area contributed by atoms with Gasteiger partial charge in [0, 0.05) is 10.4 Å². The minimum absolute atomic E-state index is 0. The smallest absolute Gasteiger partial charge is 1.00 e. The van der Waals surface area contributed by atoms with E-state index >= 15 is 0 Å². The van der Waals surface area contributed by atoms with E-state index in [0.29, 0.717) is 0 Å². The molecule has 0 saturated heterocycles. The summed E-state index contributed by atoms with van der Waals surface area (Å²) in [6.45, 7) is 0. The van der Waals surface area contributed by atoms with E-state index in [-0.39, 0.29) is 110 Å². The second kappa shape index (κ2) is 49.6. The summed E-state index contributed by atoms with van der Waals surface area (Å²) in [5.74, 6) is 0. The topological polar surface area (TPSA) is 415 Å². The summed E-state index contributed by atoms with van der Waals surface area (Å²) in [5.41, 5.74) is 0. The Morgan fingerprint density at radius 1 is 0.667 bits per heavy atom. The maximum Gasteiger partial charge on any atom is 2.00 e. The van der Waals surface area contributed by atoms with Crippen LogP contribution >= 0.6 is 0 Å². The third-order valence-electron chi connectivity index (χ3n) is 0. The summed E-state index contributed by atoms with van der Waals surface area (Å²) in [7, 11) is -10.1. The van der Waals surface area contributed by atoms with Crippen molar-refractivity contribution in [3.8, 4) is 0 Å². The number of hydrogen-bond acceptors (Lipinski definition) is 7. The van der Waals surface area contributed by atoms with Gasteiger partial charge in [0.05, 0.1) is 0 Å². The Bertz CT molecular complexity index is 228. The van der Waals surface area contributed by atoms with Crippen molar-refractivity contribution in [2.75, 3.05) is 0 Å². The maximum atomic E-state index is 8.63. The minimum Gasteiger partial charge on any atom is -1.00 e. The summed E-state index contributed by atoms with van der Waals surface area (Å²) in [6, 6.07) is 0. The van der Waals surface area contributed by atoms with Gasteiger partial charge in [-0.05, 0) is 0 Å². The largest absolute Gasteiger partial charge is 2.00 e. The predicted octanol–water partition coefficient (Wildman–Crippen LogP) is -14.1. The van der Waals surface area contributed by atoms with Crippen molar-refractivity contribution in [1.29, 1.82) is 0 Å². The molecule has 0 unspecified atom stereocenters. The van der Waals surface area contributed by atoms with Crippen molar-refractivity contribution >= 4 is 43.9 Å². The molecule has 21 heavy (non-hydrogen) atoms.